The van der Waals surface area contributed by atoms with Crippen molar-refractivity contribution in [3.63, 3.8) is 0 Å². The van der Waals surface area contributed by atoms with Crippen LogP contribution in [0.3, 0.4) is 0 Å². The molecule has 0 unspecified atom stereocenters. The fourth-order valence-corrected chi connectivity index (χ4v) is 4.82. The molecule has 1 aliphatic carbocycles. The minimum Gasteiger partial charge on any atom is -0.507 e. The fourth-order valence-electron chi connectivity index (χ4n) is 4.82. The molecule has 0 saturated heterocycles. The van der Waals surface area contributed by atoms with Crippen LogP contribution in [-0.4, -0.2) is 46.7 Å². The Morgan fingerprint density at radius 3 is 2.75 bits per heavy atom. The second-order valence-electron chi connectivity index (χ2n) is 10.7. The molecule has 1 amide bonds. The van der Waals surface area contributed by atoms with Gasteiger partial charge in [-0.15, -0.1) is 0 Å². The van der Waals surface area contributed by atoms with Crippen LogP contribution in [-0.2, 0) is 0 Å². The molecule has 10 nitrogen and oxygen atoms in total. The number of hydrogen-bond acceptors (Lipinski definition) is 8. The van der Waals surface area contributed by atoms with E-state index in [0.717, 1.165) is 18.4 Å². The van der Waals surface area contributed by atoms with Crippen LogP contribution in [0.5, 0.6) is 23.0 Å². The number of pyridine rings is 2. The number of nitrogens with zero attached hydrogens (tertiary/aromatic N) is 1. The second kappa shape index (κ2) is 12.5. The fraction of sp³-hybridized carbons (Fsp3) is 0.235. The number of H-pyrrole nitrogens is 1. The van der Waals surface area contributed by atoms with Crippen molar-refractivity contribution in [2.45, 2.75) is 26.2 Å². The summed E-state index contributed by atoms with van der Waals surface area (Å²) in [5.74, 6) is 1.20. The molecule has 0 atom stereocenters. The van der Waals surface area contributed by atoms with Gasteiger partial charge in [-0.25, -0.2) is 4.98 Å². The summed E-state index contributed by atoms with van der Waals surface area (Å²) < 4.78 is 16.8. The minimum absolute atomic E-state index is 0.0799. The first-order chi connectivity index (χ1) is 21.4. The number of phenolic OH excluding ortho intramolecular Hbond substituents is 1. The number of benzene rings is 2. The lowest BCUT2D eigenvalue weighted by Crippen LogP contribution is -2.30. The van der Waals surface area contributed by atoms with Crippen LogP contribution in [0, 0.1) is 5.92 Å². The zero-order chi connectivity index (χ0) is 30.6. The van der Waals surface area contributed by atoms with Gasteiger partial charge in [0.25, 0.3) is 11.5 Å². The van der Waals surface area contributed by atoms with Crippen molar-refractivity contribution in [2.24, 2.45) is 5.92 Å². The Bertz CT molecular complexity index is 1870. The molecule has 0 radical (unpaired) electrons. The Morgan fingerprint density at radius 2 is 1.93 bits per heavy atom. The Hall–Kier alpha value is -5.38. The number of ether oxygens (including phenoxy) is 3. The average Bonchev–Trinajstić information content (AvgIpc) is 3.74. The lowest BCUT2D eigenvalue weighted by molar-refractivity contribution is 0.0951. The number of aromatic amines is 1. The van der Waals surface area contributed by atoms with Crippen LogP contribution in [0.2, 0.25) is 0 Å². The normalized spacial score (nSPS) is 14.0. The monoisotopic (exact) mass is 593 g/mol. The summed E-state index contributed by atoms with van der Waals surface area (Å²) >= 11 is 0. The van der Waals surface area contributed by atoms with Crippen LogP contribution in [0.25, 0.3) is 28.4 Å². The summed E-state index contributed by atoms with van der Waals surface area (Å²) in [7, 11) is 0. The number of hydrogen-bond donors (Lipinski definition) is 3. The Morgan fingerprint density at radius 1 is 1.09 bits per heavy atom. The number of phenols is 1. The van der Waals surface area contributed by atoms with Crippen LogP contribution in [0.1, 0.15) is 52.5 Å². The van der Waals surface area contributed by atoms with E-state index in [-0.39, 0.29) is 35.0 Å². The number of aromatic nitrogens is 2. The highest BCUT2D eigenvalue weighted by Crippen LogP contribution is 2.39. The summed E-state index contributed by atoms with van der Waals surface area (Å²) in [6.07, 6.45) is 9.40. The third-order valence-corrected chi connectivity index (χ3v) is 7.35. The highest BCUT2D eigenvalue weighted by molar-refractivity contribution is 6.14. The molecule has 2 aliphatic rings. The summed E-state index contributed by atoms with van der Waals surface area (Å²) in [5, 5.41) is 13.8. The summed E-state index contributed by atoms with van der Waals surface area (Å²) in [6, 6.07) is 13.4. The van der Waals surface area contributed by atoms with Crippen LogP contribution in [0.4, 0.5) is 0 Å². The van der Waals surface area contributed by atoms with Crippen molar-refractivity contribution in [1.29, 1.82) is 0 Å². The van der Waals surface area contributed by atoms with Crippen molar-refractivity contribution in [3.8, 4) is 34.3 Å². The average molecular weight is 594 g/mol. The summed E-state index contributed by atoms with van der Waals surface area (Å²) in [5.41, 5.74) is 0.936. The first-order valence-electron chi connectivity index (χ1n) is 14.5. The predicted molar refractivity (Wildman–Crippen MR) is 165 cm³/mol. The lowest BCUT2D eigenvalue weighted by Gasteiger charge is -2.14. The maximum absolute atomic E-state index is 13.7. The first-order valence-corrected chi connectivity index (χ1v) is 14.5. The second-order valence-corrected chi connectivity index (χ2v) is 10.7. The van der Waals surface area contributed by atoms with Gasteiger partial charge in [-0.1, -0.05) is 37.3 Å². The molecule has 10 heteroatoms. The van der Waals surface area contributed by atoms with Crippen LogP contribution >= 0.6 is 0 Å². The quantitative estimate of drug-likeness (QED) is 0.119. The van der Waals surface area contributed by atoms with Gasteiger partial charge in [0.2, 0.25) is 6.79 Å². The van der Waals surface area contributed by atoms with Gasteiger partial charge < -0.3 is 29.6 Å². The smallest absolute Gasteiger partial charge is 0.262 e. The number of ketones is 1. The predicted octanol–water partition coefficient (Wildman–Crippen LogP) is 5.41. The van der Waals surface area contributed by atoms with Gasteiger partial charge in [-0.05, 0) is 73.2 Å². The molecule has 3 heterocycles. The number of amides is 1. The number of rotatable bonds is 11. The van der Waals surface area contributed by atoms with E-state index in [1.165, 1.54) is 18.2 Å². The third kappa shape index (κ3) is 6.19. The zero-order valence-electron chi connectivity index (χ0n) is 24.1. The molecular formula is C34H31N3O7. The van der Waals surface area contributed by atoms with E-state index >= 15 is 0 Å². The minimum atomic E-state index is -0.640. The summed E-state index contributed by atoms with van der Waals surface area (Å²) in [4.78, 5) is 46.6. The number of carbonyl (C=O) groups is 2. The highest BCUT2D eigenvalue weighted by atomic mass is 16.7. The number of allylic oxidation sites excluding steroid dienone is 3. The molecule has 0 bridgehead atoms. The standard InChI is InChI=1S/C34H31N3O7/c1-2-14-35-33(40)24-16-23-22(26(38)7-4-3-6-20-12-13-28-30(15-20)44-19-43-28)17-25(36-32(23)37-34(24)41)31-27(39)8-5-9-29(31)42-18-21-10-11-21/h3-9,12-13,15-17,21,39H,2,10-11,14,18-19H2,1H3,(H,35,40)(H,36,37,41). The number of nitrogens with one attached hydrogen (secondary N) is 2. The molecule has 0 spiro atoms. The van der Waals surface area contributed by atoms with E-state index in [1.54, 1.807) is 30.4 Å². The van der Waals surface area contributed by atoms with Gasteiger partial charge in [0.1, 0.15) is 22.7 Å². The molecule has 2 aromatic heterocycles. The summed E-state index contributed by atoms with van der Waals surface area (Å²) in [6.45, 7) is 2.99. The van der Waals surface area contributed by atoms with E-state index in [2.05, 4.69) is 15.3 Å². The molecule has 4 aromatic rings. The van der Waals surface area contributed by atoms with Crippen LogP contribution < -0.4 is 25.1 Å². The van der Waals surface area contributed by atoms with E-state index in [1.807, 2.05) is 31.2 Å². The third-order valence-electron chi connectivity index (χ3n) is 7.35. The van der Waals surface area contributed by atoms with Crippen LogP contribution in [0.15, 0.2) is 71.6 Å². The van der Waals surface area contributed by atoms with E-state index in [9.17, 15) is 19.5 Å². The molecule has 44 heavy (non-hydrogen) atoms. The molecule has 1 saturated carbocycles. The van der Waals surface area contributed by atoms with E-state index < -0.39 is 17.2 Å². The maximum atomic E-state index is 13.7. The molecule has 224 valence electrons. The number of aromatic hydroxyl groups is 1. The van der Waals surface area contributed by atoms with Crippen molar-refractivity contribution in [3.05, 3.63) is 93.8 Å². The van der Waals surface area contributed by atoms with Crippen molar-refractivity contribution >= 4 is 28.8 Å². The molecular weight excluding hydrogens is 562 g/mol. The van der Waals surface area contributed by atoms with Crippen molar-refractivity contribution in [1.82, 2.24) is 15.3 Å². The Labute approximate surface area is 253 Å². The van der Waals surface area contributed by atoms with Crippen molar-refractivity contribution < 1.29 is 28.9 Å². The van der Waals surface area contributed by atoms with Crippen molar-refractivity contribution in [2.75, 3.05) is 19.9 Å². The molecule has 6 rings (SSSR count). The first kappa shape index (κ1) is 28.7. The van der Waals surface area contributed by atoms with Gasteiger partial charge in [-0.2, -0.15) is 0 Å². The van der Waals surface area contributed by atoms with Gasteiger partial charge in [0.05, 0.1) is 17.9 Å². The van der Waals surface area contributed by atoms with Gasteiger partial charge in [0, 0.05) is 17.5 Å². The Kier molecular flexibility index (Phi) is 8.14. The molecule has 2 aromatic carbocycles. The zero-order valence-corrected chi connectivity index (χ0v) is 24.1. The number of carbonyl (C=O) groups excluding carboxylic acids is 2. The molecule has 1 aliphatic heterocycles. The SMILES string of the molecule is CCCNC(=O)c1cc2c(C(=O)C=CC=Cc3ccc4c(c3)OCO4)cc(-c3c(O)cccc3OCC3CC3)nc2[nH]c1=O. The molecule has 1 fully saturated rings. The highest BCUT2D eigenvalue weighted by Gasteiger charge is 2.24. The Balaban J connectivity index is 1.39. The van der Waals surface area contributed by atoms with E-state index in [0.29, 0.717) is 53.7 Å². The van der Waals surface area contributed by atoms with E-state index in [4.69, 9.17) is 14.2 Å². The molecule has 3 N–H and O–H groups in total. The van der Waals surface area contributed by atoms with Gasteiger partial charge in [-0.3, -0.25) is 14.4 Å². The largest absolute Gasteiger partial charge is 0.507 e. The topological polar surface area (TPSA) is 140 Å². The van der Waals surface area contributed by atoms with Gasteiger partial charge in [0.15, 0.2) is 17.3 Å². The maximum Gasteiger partial charge on any atom is 0.262 e. The van der Waals surface area contributed by atoms with Gasteiger partial charge >= 0.3 is 0 Å². The lowest BCUT2D eigenvalue weighted by atomic mass is 10.00. The number of fused-ring (bicyclic) bond motifs is 2.